The first-order chi connectivity index (χ1) is 8.61. The Morgan fingerprint density at radius 2 is 2.39 bits per heavy atom. The molecular formula is C11H18N4O2S. The van der Waals surface area contributed by atoms with Gasteiger partial charge in [-0.05, 0) is 12.8 Å². The first-order valence-corrected chi connectivity index (χ1v) is 6.83. The number of thiazole rings is 1. The molecule has 1 heterocycles. The number of aromatic nitrogens is 1. The highest BCUT2D eigenvalue weighted by Crippen LogP contribution is 2.26. The van der Waals surface area contributed by atoms with Crippen molar-refractivity contribution in [2.75, 3.05) is 24.6 Å². The highest BCUT2D eigenvalue weighted by atomic mass is 32.1. The van der Waals surface area contributed by atoms with Crippen LogP contribution in [-0.4, -0.2) is 35.7 Å². The molecule has 1 aliphatic rings. The van der Waals surface area contributed by atoms with Crippen molar-refractivity contribution in [3.63, 3.8) is 0 Å². The number of carbonyl (C=O) groups is 1. The van der Waals surface area contributed by atoms with E-state index < -0.39 is 0 Å². The summed E-state index contributed by atoms with van der Waals surface area (Å²) >= 11 is 1.23. The van der Waals surface area contributed by atoms with Crippen LogP contribution in [0.2, 0.25) is 0 Å². The molecule has 1 amide bonds. The molecule has 1 aromatic heterocycles. The number of amides is 1. The van der Waals surface area contributed by atoms with E-state index in [1.807, 2.05) is 0 Å². The standard InChI is InChI=1S/C11H18N4O2S/c1-13-11-15-9(12)8(18-11)10(17)14-5-6-3-2-4-7(6)16/h6-7,16H,2-5,12H2,1H3,(H,13,15)(H,14,17). The van der Waals surface area contributed by atoms with Crippen molar-refractivity contribution in [1.29, 1.82) is 0 Å². The summed E-state index contributed by atoms with van der Waals surface area (Å²) < 4.78 is 0. The highest BCUT2D eigenvalue weighted by molar-refractivity contribution is 7.18. The molecule has 1 aliphatic carbocycles. The Morgan fingerprint density at radius 1 is 1.61 bits per heavy atom. The number of nitrogens with one attached hydrogen (secondary N) is 2. The number of rotatable bonds is 4. The van der Waals surface area contributed by atoms with Crippen LogP contribution in [-0.2, 0) is 0 Å². The zero-order chi connectivity index (χ0) is 13.1. The predicted molar refractivity (Wildman–Crippen MR) is 71.8 cm³/mol. The van der Waals surface area contributed by atoms with Gasteiger partial charge in [0.15, 0.2) is 5.13 Å². The second-order valence-electron chi connectivity index (χ2n) is 4.45. The minimum Gasteiger partial charge on any atom is -0.393 e. The fraction of sp³-hybridized carbons (Fsp3) is 0.636. The molecule has 0 aliphatic heterocycles. The van der Waals surface area contributed by atoms with Gasteiger partial charge in [0.05, 0.1) is 6.10 Å². The van der Waals surface area contributed by atoms with Crippen LogP contribution in [0.25, 0.3) is 0 Å². The minimum atomic E-state index is -0.294. The lowest BCUT2D eigenvalue weighted by molar-refractivity contribution is 0.0921. The van der Waals surface area contributed by atoms with Crippen LogP contribution in [0.5, 0.6) is 0 Å². The quantitative estimate of drug-likeness (QED) is 0.644. The Labute approximate surface area is 110 Å². The molecule has 0 saturated heterocycles. The normalized spacial score (nSPS) is 23.0. The average Bonchev–Trinajstić information content (AvgIpc) is 2.92. The molecule has 0 aromatic carbocycles. The summed E-state index contributed by atoms with van der Waals surface area (Å²) in [4.78, 5) is 16.4. The molecule has 18 heavy (non-hydrogen) atoms. The monoisotopic (exact) mass is 270 g/mol. The zero-order valence-electron chi connectivity index (χ0n) is 10.3. The fourth-order valence-corrected chi connectivity index (χ4v) is 2.92. The predicted octanol–water partition coefficient (Wildman–Crippen LogP) is 0.658. The third-order valence-corrected chi connectivity index (χ3v) is 4.30. The van der Waals surface area contributed by atoms with E-state index in [1.54, 1.807) is 7.05 Å². The van der Waals surface area contributed by atoms with Crippen molar-refractivity contribution in [1.82, 2.24) is 10.3 Å². The van der Waals surface area contributed by atoms with Gasteiger partial charge in [-0.25, -0.2) is 4.98 Å². The van der Waals surface area contributed by atoms with Crippen molar-refractivity contribution in [2.45, 2.75) is 25.4 Å². The number of aliphatic hydroxyl groups is 1. The van der Waals surface area contributed by atoms with Gasteiger partial charge in [-0.3, -0.25) is 4.79 Å². The number of hydrogen-bond acceptors (Lipinski definition) is 6. The first-order valence-electron chi connectivity index (χ1n) is 6.02. The number of nitrogen functional groups attached to an aromatic ring is 1. The van der Waals surface area contributed by atoms with Gasteiger partial charge in [0.1, 0.15) is 10.7 Å². The molecule has 0 radical (unpaired) electrons. The molecule has 6 nitrogen and oxygen atoms in total. The van der Waals surface area contributed by atoms with E-state index in [9.17, 15) is 9.90 Å². The number of aliphatic hydroxyl groups excluding tert-OH is 1. The van der Waals surface area contributed by atoms with Crippen LogP contribution in [0, 0.1) is 5.92 Å². The van der Waals surface area contributed by atoms with Crippen LogP contribution in [0.15, 0.2) is 0 Å². The fourth-order valence-electron chi connectivity index (χ4n) is 2.16. The van der Waals surface area contributed by atoms with Gasteiger partial charge in [-0.15, -0.1) is 0 Å². The van der Waals surface area contributed by atoms with E-state index in [1.165, 1.54) is 11.3 Å². The summed E-state index contributed by atoms with van der Waals surface area (Å²) in [5, 5.41) is 16.0. The largest absolute Gasteiger partial charge is 0.393 e. The molecule has 1 saturated carbocycles. The molecule has 2 rings (SSSR count). The molecular weight excluding hydrogens is 252 g/mol. The number of nitrogens with two attached hydrogens (primary N) is 1. The number of anilines is 2. The topological polar surface area (TPSA) is 100 Å². The summed E-state index contributed by atoms with van der Waals surface area (Å²) in [5.41, 5.74) is 5.68. The van der Waals surface area contributed by atoms with E-state index >= 15 is 0 Å². The summed E-state index contributed by atoms with van der Waals surface area (Å²) in [6, 6.07) is 0. The van der Waals surface area contributed by atoms with Gasteiger partial charge in [0.25, 0.3) is 5.91 Å². The second kappa shape index (κ2) is 5.53. The van der Waals surface area contributed by atoms with Crippen molar-refractivity contribution in [2.24, 2.45) is 5.92 Å². The van der Waals surface area contributed by atoms with Crippen molar-refractivity contribution >= 4 is 28.2 Å². The van der Waals surface area contributed by atoms with Gasteiger partial charge in [-0.2, -0.15) is 0 Å². The van der Waals surface area contributed by atoms with Crippen molar-refractivity contribution in [3.05, 3.63) is 4.88 Å². The van der Waals surface area contributed by atoms with Crippen LogP contribution in [0.4, 0.5) is 10.9 Å². The molecule has 5 N–H and O–H groups in total. The van der Waals surface area contributed by atoms with E-state index in [2.05, 4.69) is 15.6 Å². The maximum Gasteiger partial charge on any atom is 0.265 e. The molecule has 1 aromatic rings. The second-order valence-corrected chi connectivity index (χ2v) is 5.45. The number of carbonyl (C=O) groups excluding carboxylic acids is 1. The first kappa shape index (κ1) is 13.1. The minimum absolute atomic E-state index is 0.159. The molecule has 0 spiro atoms. The molecule has 1 fully saturated rings. The molecule has 0 bridgehead atoms. The lowest BCUT2D eigenvalue weighted by Gasteiger charge is -2.14. The molecule has 100 valence electrons. The van der Waals surface area contributed by atoms with E-state index in [-0.39, 0.29) is 23.7 Å². The van der Waals surface area contributed by atoms with Crippen LogP contribution >= 0.6 is 11.3 Å². The van der Waals surface area contributed by atoms with Gasteiger partial charge < -0.3 is 21.5 Å². The summed E-state index contributed by atoms with van der Waals surface area (Å²) in [5.74, 6) is 0.186. The third kappa shape index (κ3) is 2.73. The van der Waals surface area contributed by atoms with Crippen LogP contribution < -0.4 is 16.4 Å². The lowest BCUT2D eigenvalue weighted by Crippen LogP contribution is -2.32. The van der Waals surface area contributed by atoms with Gasteiger partial charge in [0, 0.05) is 19.5 Å². The molecule has 2 unspecified atom stereocenters. The van der Waals surface area contributed by atoms with Gasteiger partial charge in [-0.1, -0.05) is 17.8 Å². The van der Waals surface area contributed by atoms with E-state index in [4.69, 9.17) is 5.73 Å². The summed E-state index contributed by atoms with van der Waals surface area (Å²) in [6.07, 6.45) is 2.51. The van der Waals surface area contributed by atoms with Crippen molar-refractivity contribution in [3.8, 4) is 0 Å². The molecule has 2 atom stereocenters. The van der Waals surface area contributed by atoms with E-state index in [0.29, 0.717) is 16.6 Å². The Balaban J connectivity index is 1.92. The van der Waals surface area contributed by atoms with Crippen LogP contribution in [0.3, 0.4) is 0 Å². The highest BCUT2D eigenvalue weighted by Gasteiger charge is 2.26. The smallest absolute Gasteiger partial charge is 0.265 e. The van der Waals surface area contributed by atoms with E-state index in [0.717, 1.165) is 19.3 Å². The van der Waals surface area contributed by atoms with Crippen LogP contribution in [0.1, 0.15) is 28.9 Å². The van der Waals surface area contributed by atoms with Gasteiger partial charge >= 0.3 is 0 Å². The maximum absolute atomic E-state index is 11.9. The van der Waals surface area contributed by atoms with Crippen molar-refractivity contribution < 1.29 is 9.90 Å². The average molecular weight is 270 g/mol. The maximum atomic E-state index is 11.9. The molecule has 7 heteroatoms. The Hall–Kier alpha value is -1.34. The lowest BCUT2D eigenvalue weighted by atomic mass is 10.1. The number of nitrogens with zero attached hydrogens (tertiary/aromatic N) is 1. The zero-order valence-corrected chi connectivity index (χ0v) is 11.1. The Kier molecular flexibility index (Phi) is 4.03. The summed E-state index contributed by atoms with van der Waals surface area (Å²) in [7, 11) is 1.73. The third-order valence-electron chi connectivity index (χ3n) is 3.22. The Bertz CT molecular complexity index is 435. The summed E-state index contributed by atoms with van der Waals surface area (Å²) in [6.45, 7) is 0.492. The SMILES string of the molecule is CNc1nc(N)c(C(=O)NCC2CCCC2O)s1. The van der Waals surface area contributed by atoms with Gasteiger partial charge in [0.2, 0.25) is 0 Å². The Morgan fingerprint density at radius 3 is 2.94 bits per heavy atom. The number of hydrogen-bond donors (Lipinski definition) is 4.